The van der Waals surface area contributed by atoms with Crippen molar-refractivity contribution in [1.29, 1.82) is 0 Å². The Balaban J connectivity index is 1.68. The van der Waals surface area contributed by atoms with E-state index in [4.69, 9.17) is 25.8 Å². The van der Waals surface area contributed by atoms with Crippen LogP contribution < -0.4 is 14.8 Å². The number of cyclic esters (lactones) is 1. The Kier molecular flexibility index (Phi) is 5.69. The van der Waals surface area contributed by atoms with Crippen LogP contribution in [-0.2, 0) is 4.74 Å². The van der Waals surface area contributed by atoms with Crippen LogP contribution in [0.2, 0.25) is 5.02 Å². The van der Waals surface area contributed by atoms with E-state index in [0.717, 1.165) is 0 Å². The molecule has 10 heteroatoms. The second kappa shape index (κ2) is 8.43. The van der Waals surface area contributed by atoms with Crippen molar-refractivity contribution in [3.63, 3.8) is 0 Å². The molecule has 0 spiro atoms. The summed E-state index contributed by atoms with van der Waals surface area (Å²) in [6.45, 7) is 4.00. The molecule has 4 rings (SSSR count). The molecule has 0 aliphatic carbocycles. The van der Waals surface area contributed by atoms with Crippen LogP contribution in [0, 0.1) is 5.82 Å². The Labute approximate surface area is 182 Å². The van der Waals surface area contributed by atoms with Crippen molar-refractivity contribution in [3.05, 3.63) is 47.5 Å². The number of hydrogen-bond donors (Lipinski definition) is 1. The van der Waals surface area contributed by atoms with Gasteiger partial charge in [-0.05, 0) is 38.1 Å². The van der Waals surface area contributed by atoms with Crippen LogP contribution in [0.15, 0.2) is 36.7 Å². The maximum atomic E-state index is 13.5. The van der Waals surface area contributed by atoms with Crippen LogP contribution in [0.3, 0.4) is 0 Å². The van der Waals surface area contributed by atoms with E-state index in [-0.39, 0.29) is 11.1 Å². The average Bonchev–Trinajstić information content (AvgIpc) is 3.08. The SMILES string of the molecule is COc1cc2ncnc(Nc3ccc(F)c(Cl)c3)c2cc1OC(C)N1CC(C)OC1=O. The van der Waals surface area contributed by atoms with Gasteiger partial charge in [0.1, 0.15) is 24.1 Å². The molecule has 0 radical (unpaired) electrons. The minimum absolute atomic E-state index is 0.00499. The summed E-state index contributed by atoms with van der Waals surface area (Å²) < 4.78 is 30.1. The van der Waals surface area contributed by atoms with Gasteiger partial charge < -0.3 is 19.5 Å². The van der Waals surface area contributed by atoms with E-state index < -0.39 is 18.1 Å². The fourth-order valence-electron chi connectivity index (χ4n) is 3.30. The van der Waals surface area contributed by atoms with E-state index >= 15 is 0 Å². The summed E-state index contributed by atoms with van der Waals surface area (Å²) in [5.41, 5.74) is 1.17. The van der Waals surface area contributed by atoms with Crippen LogP contribution >= 0.6 is 11.6 Å². The number of aromatic nitrogens is 2. The molecule has 162 valence electrons. The van der Waals surface area contributed by atoms with Gasteiger partial charge in [-0.3, -0.25) is 4.90 Å². The van der Waals surface area contributed by atoms with Crippen LogP contribution in [-0.4, -0.2) is 46.9 Å². The van der Waals surface area contributed by atoms with Crippen LogP contribution in [0.5, 0.6) is 11.5 Å². The quantitative estimate of drug-likeness (QED) is 0.585. The van der Waals surface area contributed by atoms with Crippen molar-refractivity contribution >= 4 is 40.1 Å². The highest BCUT2D eigenvalue weighted by molar-refractivity contribution is 6.31. The Morgan fingerprint density at radius 2 is 2.10 bits per heavy atom. The van der Waals surface area contributed by atoms with Gasteiger partial charge in [0.25, 0.3) is 0 Å². The Hall–Kier alpha value is -3.33. The van der Waals surface area contributed by atoms with E-state index in [9.17, 15) is 9.18 Å². The Bertz CT molecular complexity index is 1150. The first-order chi connectivity index (χ1) is 14.9. The highest BCUT2D eigenvalue weighted by Crippen LogP contribution is 2.36. The molecule has 3 aromatic rings. The monoisotopic (exact) mass is 446 g/mol. The molecule has 2 atom stereocenters. The largest absolute Gasteiger partial charge is 0.493 e. The number of ether oxygens (including phenoxy) is 3. The van der Waals surface area contributed by atoms with Crippen molar-refractivity contribution in [2.75, 3.05) is 19.0 Å². The van der Waals surface area contributed by atoms with E-state index in [2.05, 4.69) is 15.3 Å². The fourth-order valence-corrected chi connectivity index (χ4v) is 3.48. The number of rotatable bonds is 6. The number of nitrogens with one attached hydrogen (secondary N) is 1. The molecule has 0 bridgehead atoms. The number of amides is 1. The average molecular weight is 447 g/mol. The van der Waals surface area contributed by atoms with E-state index in [1.165, 1.54) is 30.5 Å². The molecule has 8 nitrogen and oxygen atoms in total. The Morgan fingerprint density at radius 3 is 2.77 bits per heavy atom. The predicted molar refractivity (Wildman–Crippen MR) is 114 cm³/mol. The topological polar surface area (TPSA) is 85.8 Å². The summed E-state index contributed by atoms with van der Waals surface area (Å²) in [5, 5.41) is 3.75. The minimum Gasteiger partial charge on any atom is -0.493 e. The third-order valence-electron chi connectivity index (χ3n) is 4.83. The lowest BCUT2D eigenvalue weighted by molar-refractivity contribution is 0.0682. The highest BCUT2D eigenvalue weighted by atomic mass is 35.5. The van der Waals surface area contributed by atoms with Gasteiger partial charge in [-0.15, -0.1) is 0 Å². The maximum absolute atomic E-state index is 13.5. The van der Waals surface area contributed by atoms with Gasteiger partial charge in [-0.1, -0.05) is 11.6 Å². The molecule has 1 amide bonds. The summed E-state index contributed by atoms with van der Waals surface area (Å²) in [5.74, 6) is 0.824. The minimum atomic E-state index is -0.583. The zero-order chi connectivity index (χ0) is 22.1. The number of anilines is 2. The second-order valence-corrected chi connectivity index (χ2v) is 7.47. The van der Waals surface area contributed by atoms with Crippen molar-refractivity contribution < 1.29 is 23.4 Å². The van der Waals surface area contributed by atoms with E-state index in [1.54, 1.807) is 25.1 Å². The van der Waals surface area contributed by atoms with Gasteiger partial charge in [0.05, 0.1) is 24.2 Å². The lowest BCUT2D eigenvalue weighted by Gasteiger charge is -2.24. The molecule has 1 saturated heterocycles. The zero-order valence-corrected chi connectivity index (χ0v) is 17.8. The summed E-state index contributed by atoms with van der Waals surface area (Å²) in [6, 6.07) is 7.73. The van der Waals surface area contributed by atoms with Crippen molar-refractivity contribution in [2.45, 2.75) is 26.2 Å². The smallest absolute Gasteiger partial charge is 0.413 e. The van der Waals surface area contributed by atoms with Gasteiger partial charge in [0.15, 0.2) is 17.7 Å². The van der Waals surface area contributed by atoms with Gasteiger partial charge in [0.2, 0.25) is 0 Å². The first kappa shape index (κ1) is 20.9. The molecule has 0 saturated carbocycles. The number of carbonyl (C=O) groups excluding carboxylic acids is 1. The predicted octanol–water partition coefficient (Wildman–Crippen LogP) is 4.74. The van der Waals surface area contributed by atoms with Crippen LogP contribution in [0.4, 0.5) is 20.7 Å². The van der Waals surface area contributed by atoms with Gasteiger partial charge in [0, 0.05) is 17.1 Å². The molecule has 1 N–H and O–H groups in total. The van der Waals surface area contributed by atoms with Crippen LogP contribution in [0.25, 0.3) is 10.9 Å². The first-order valence-corrected chi connectivity index (χ1v) is 9.92. The summed E-state index contributed by atoms with van der Waals surface area (Å²) in [4.78, 5) is 22.1. The van der Waals surface area contributed by atoms with Crippen molar-refractivity contribution in [1.82, 2.24) is 14.9 Å². The molecule has 1 aromatic heterocycles. The summed E-state index contributed by atoms with van der Waals surface area (Å²) in [7, 11) is 1.52. The number of methoxy groups -OCH3 is 1. The lowest BCUT2D eigenvalue weighted by atomic mass is 10.2. The molecule has 2 aromatic carbocycles. The number of hydrogen-bond acceptors (Lipinski definition) is 7. The second-order valence-electron chi connectivity index (χ2n) is 7.06. The molecule has 1 aliphatic heterocycles. The van der Waals surface area contributed by atoms with Gasteiger partial charge >= 0.3 is 6.09 Å². The maximum Gasteiger partial charge on any atom is 0.413 e. The van der Waals surface area contributed by atoms with E-state index in [1.807, 2.05) is 6.92 Å². The van der Waals surface area contributed by atoms with Gasteiger partial charge in [-0.2, -0.15) is 0 Å². The normalized spacial score (nSPS) is 16.9. The lowest BCUT2D eigenvalue weighted by Crippen LogP contribution is -2.38. The Morgan fingerprint density at radius 1 is 1.29 bits per heavy atom. The molecule has 1 aliphatic rings. The third-order valence-corrected chi connectivity index (χ3v) is 5.12. The number of benzene rings is 2. The zero-order valence-electron chi connectivity index (χ0n) is 17.1. The van der Waals surface area contributed by atoms with Gasteiger partial charge in [-0.25, -0.2) is 19.2 Å². The molecule has 2 unspecified atom stereocenters. The molecule has 1 fully saturated rings. The first-order valence-electron chi connectivity index (χ1n) is 9.54. The standard InChI is InChI=1S/C21H20ClFN4O4/c1-11-9-27(21(28)30-11)12(2)31-19-7-14-17(8-18(19)29-3)24-10-25-20(14)26-13-4-5-16(23)15(22)6-13/h4-8,10-12H,9H2,1-3H3,(H,24,25,26). The molecule has 2 heterocycles. The number of carbonyl (C=O) groups is 1. The third kappa shape index (κ3) is 4.27. The highest BCUT2D eigenvalue weighted by Gasteiger charge is 2.33. The molecular weight excluding hydrogens is 427 g/mol. The summed E-state index contributed by atoms with van der Waals surface area (Å²) in [6.07, 6.45) is 0.184. The fraction of sp³-hybridized carbons (Fsp3) is 0.286. The number of fused-ring (bicyclic) bond motifs is 1. The van der Waals surface area contributed by atoms with Crippen molar-refractivity contribution in [2.24, 2.45) is 0 Å². The van der Waals surface area contributed by atoms with Crippen molar-refractivity contribution in [3.8, 4) is 11.5 Å². The molecular formula is C21H20ClFN4O4. The number of nitrogens with zero attached hydrogens (tertiary/aromatic N) is 3. The molecule has 31 heavy (non-hydrogen) atoms. The van der Waals surface area contributed by atoms with E-state index in [0.29, 0.717) is 40.5 Å². The summed E-state index contributed by atoms with van der Waals surface area (Å²) >= 11 is 5.88. The van der Waals surface area contributed by atoms with Crippen LogP contribution in [0.1, 0.15) is 13.8 Å². The number of halogens is 2.